The molecule has 0 amide bonds. The number of pyridine rings is 1. The summed E-state index contributed by atoms with van der Waals surface area (Å²) in [6, 6.07) is 6.54. The number of fused-ring (bicyclic) bond motifs is 4. The van der Waals surface area contributed by atoms with E-state index in [0.29, 0.717) is 34.1 Å². The van der Waals surface area contributed by atoms with E-state index in [-0.39, 0.29) is 11.9 Å². The molecule has 3 saturated heterocycles. The Morgan fingerprint density at radius 3 is 2.93 bits per heavy atom. The van der Waals surface area contributed by atoms with Crippen molar-refractivity contribution in [3.63, 3.8) is 0 Å². The standard InChI is InChI=1S/C20H23N3O4/c1-3-12-11-22-7-6-13(12)8-18(22)20(24)16-10-19(23(25)26)21-17-5-4-14(27-2)9-15(16)17/h3-5,9-10,12-13,18,20,24H,1,6-8,11H2,2H3/t12-,13?,18-,20+/m0/s1. The van der Waals surface area contributed by atoms with Gasteiger partial charge in [0.25, 0.3) is 0 Å². The summed E-state index contributed by atoms with van der Waals surface area (Å²) in [7, 11) is 1.57. The number of benzene rings is 1. The maximum Gasteiger partial charge on any atom is 0.364 e. The largest absolute Gasteiger partial charge is 0.497 e. The third-order valence-corrected chi connectivity index (χ3v) is 6.06. The fourth-order valence-corrected chi connectivity index (χ4v) is 4.59. The zero-order valence-corrected chi connectivity index (χ0v) is 15.2. The smallest absolute Gasteiger partial charge is 0.364 e. The van der Waals surface area contributed by atoms with Gasteiger partial charge < -0.3 is 20.0 Å². The molecule has 5 rings (SSSR count). The van der Waals surface area contributed by atoms with Crippen LogP contribution in [-0.2, 0) is 0 Å². The molecule has 7 heteroatoms. The van der Waals surface area contributed by atoms with Crippen molar-refractivity contribution in [3.8, 4) is 5.75 Å². The van der Waals surface area contributed by atoms with Crippen molar-refractivity contribution in [1.82, 2.24) is 9.88 Å². The molecule has 2 bridgehead atoms. The average molecular weight is 369 g/mol. The Kier molecular flexibility index (Phi) is 4.57. The third-order valence-electron chi connectivity index (χ3n) is 6.06. The number of nitro groups is 1. The monoisotopic (exact) mass is 369 g/mol. The molecule has 0 spiro atoms. The normalized spacial score (nSPS) is 28.1. The first-order chi connectivity index (χ1) is 13.0. The van der Waals surface area contributed by atoms with Crippen molar-refractivity contribution in [1.29, 1.82) is 0 Å². The van der Waals surface area contributed by atoms with Gasteiger partial charge in [-0.3, -0.25) is 4.90 Å². The number of nitrogens with zero attached hydrogens (tertiary/aromatic N) is 3. The van der Waals surface area contributed by atoms with E-state index in [1.54, 1.807) is 25.3 Å². The van der Waals surface area contributed by atoms with Crippen LogP contribution in [0.15, 0.2) is 36.9 Å². The summed E-state index contributed by atoms with van der Waals surface area (Å²) in [4.78, 5) is 17.2. The van der Waals surface area contributed by atoms with Crippen LogP contribution in [0.5, 0.6) is 5.75 Å². The number of ether oxygens (including phenoxy) is 1. The Hall–Kier alpha value is -2.51. The number of piperidine rings is 3. The highest BCUT2D eigenvalue weighted by Gasteiger charge is 2.42. The molecule has 27 heavy (non-hydrogen) atoms. The van der Waals surface area contributed by atoms with E-state index in [1.165, 1.54) is 6.07 Å². The van der Waals surface area contributed by atoms with Crippen LogP contribution in [0, 0.1) is 22.0 Å². The second-order valence-corrected chi connectivity index (χ2v) is 7.40. The second-order valence-electron chi connectivity index (χ2n) is 7.40. The fourth-order valence-electron chi connectivity index (χ4n) is 4.59. The maximum absolute atomic E-state index is 11.3. The van der Waals surface area contributed by atoms with Gasteiger partial charge in [-0.2, -0.15) is 0 Å². The topological polar surface area (TPSA) is 88.7 Å². The first-order valence-corrected chi connectivity index (χ1v) is 9.19. The number of aliphatic hydroxyl groups is 1. The summed E-state index contributed by atoms with van der Waals surface area (Å²) in [6.45, 7) is 5.75. The van der Waals surface area contributed by atoms with Gasteiger partial charge >= 0.3 is 5.82 Å². The molecule has 3 fully saturated rings. The van der Waals surface area contributed by atoms with Gasteiger partial charge in [0.05, 0.1) is 13.2 Å². The molecule has 2 unspecified atom stereocenters. The Balaban J connectivity index is 1.77. The predicted molar refractivity (Wildman–Crippen MR) is 102 cm³/mol. The molecule has 1 aromatic carbocycles. The average Bonchev–Trinajstić information content (AvgIpc) is 2.71. The van der Waals surface area contributed by atoms with Gasteiger partial charge in [0.15, 0.2) is 5.52 Å². The maximum atomic E-state index is 11.3. The quantitative estimate of drug-likeness (QED) is 0.495. The Morgan fingerprint density at radius 2 is 2.30 bits per heavy atom. The highest BCUT2D eigenvalue weighted by Crippen LogP contribution is 2.42. The minimum atomic E-state index is -0.824. The van der Waals surface area contributed by atoms with E-state index in [0.717, 1.165) is 25.9 Å². The lowest BCUT2D eigenvalue weighted by atomic mass is 9.73. The fraction of sp³-hybridized carbons (Fsp3) is 0.450. The summed E-state index contributed by atoms with van der Waals surface area (Å²) in [5.74, 6) is 1.33. The highest BCUT2D eigenvalue weighted by atomic mass is 16.6. The van der Waals surface area contributed by atoms with Crippen LogP contribution in [0.25, 0.3) is 10.9 Å². The lowest BCUT2D eigenvalue weighted by molar-refractivity contribution is -0.389. The SMILES string of the molecule is C=C[C@H]1CN2CCC1C[C@H]2[C@H](O)c1cc([N+](=O)[O-])nc2ccc(OC)cc12. The van der Waals surface area contributed by atoms with Gasteiger partial charge in [-0.25, -0.2) is 0 Å². The van der Waals surface area contributed by atoms with Crippen LogP contribution in [0.2, 0.25) is 0 Å². The Morgan fingerprint density at radius 1 is 1.48 bits per heavy atom. The van der Waals surface area contributed by atoms with Crippen molar-refractivity contribution >= 4 is 16.7 Å². The highest BCUT2D eigenvalue weighted by molar-refractivity contribution is 5.85. The molecule has 1 N–H and O–H groups in total. The number of methoxy groups -OCH3 is 1. The molecule has 3 aliphatic rings. The van der Waals surface area contributed by atoms with E-state index < -0.39 is 11.0 Å². The van der Waals surface area contributed by atoms with Crippen LogP contribution in [-0.4, -0.2) is 46.2 Å². The lowest BCUT2D eigenvalue weighted by Crippen LogP contribution is -2.54. The number of hydrogen-bond acceptors (Lipinski definition) is 6. The van der Waals surface area contributed by atoms with Gasteiger partial charge in [0.1, 0.15) is 5.75 Å². The molecule has 142 valence electrons. The number of hydrogen-bond donors (Lipinski definition) is 1. The summed E-state index contributed by atoms with van der Waals surface area (Å²) in [5, 5.41) is 23.3. The molecule has 5 atom stereocenters. The van der Waals surface area contributed by atoms with Crippen molar-refractivity contribution < 1.29 is 14.8 Å². The van der Waals surface area contributed by atoms with Crippen LogP contribution in [0.4, 0.5) is 5.82 Å². The predicted octanol–water partition coefficient (Wildman–Crippen LogP) is 3.08. The van der Waals surface area contributed by atoms with E-state index in [4.69, 9.17) is 4.74 Å². The molecular weight excluding hydrogens is 346 g/mol. The van der Waals surface area contributed by atoms with Gasteiger partial charge in [0.2, 0.25) is 0 Å². The molecule has 0 saturated carbocycles. The molecule has 0 aliphatic carbocycles. The van der Waals surface area contributed by atoms with E-state index in [1.807, 2.05) is 6.08 Å². The zero-order chi connectivity index (χ0) is 19.1. The minimum Gasteiger partial charge on any atom is -0.497 e. The van der Waals surface area contributed by atoms with Gasteiger partial charge in [0, 0.05) is 29.6 Å². The van der Waals surface area contributed by atoms with Crippen LogP contribution < -0.4 is 4.74 Å². The third kappa shape index (κ3) is 3.07. The first kappa shape index (κ1) is 17.9. The van der Waals surface area contributed by atoms with Crippen LogP contribution in [0.1, 0.15) is 24.5 Å². The molecule has 4 heterocycles. The molecule has 1 aromatic heterocycles. The lowest BCUT2D eigenvalue weighted by Gasteiger charge is -2.50. The van der Waals surface area contributed by atoms with Gasteiger partial charge in [-0.05, 0) is 59.3 Å². The molecule has 0 radical (unpaired) electrons. The minimum absolute atomic E-state index is 0.0589. The van der Waals surface area contributed by atoms with Crippen LogP contribution in [0.3, 0.4) is 0 Å². The Labute approximate surface area is 157 Å². The number of aliphatic hydroxyl groups excluding tert-OH is 1. The zero-order valence-electron chi connectivity index (χ0n) is 15.2. The van der Waals surface area contributed by atoms with E-state index in [9.17, 15) is 15.2 Å². The Bertz CT molecular complexity index is 900. The first-order valence-electron chi connectivity index (χ1n) is 9.19. The molecule has 2 aromatic rings. The van der Waals surface area contributed by atoms with Crippen molar-refractivity contribution in [2.24, 2.45) is 11.8 Å². The number of rotatable bonds is 5. The van der Waals surface area contributed by atoms with Gasteiger partial charge in [-0.15, -0.1) is 6.58 Å². The summed E-state index contributed by atoms with van der Waals surface area (Å²) >= 11 is 0. The molecular formula is C20H23N3O4. The van der Waals surface area contributed by atoms with Crippen molar-refractivity contribution in [2.45, 2.75) is 25.0 Å². The summed E-state index contributed by atoms with van der Waals surface area (Å²) in [6.07, 6.45) is 3.15. The van der Waals surface area contributed by atoms with Crippen molar-refractivity contribution in [3.05, 3.63) is 52.6 Å². The van der Waals surface area contributed by atoms with Crippen LogP contribution >= 0.6 is 0 Å². The summed E-state index contributed by atoms with van der Waals surface area (Å²) in [5.41, 5.74) is 1.03. The molecule has 3 aliphatic heterocycles. The second kappa shape index (κ2) is 6.90. The van der Waals surface area contributed by atoms with Crippen molar-refractivity contribution in [2.75, 3.05) is 20.2 Å². The molecule has 7 nitrogen and oxygen atoms in total. The summed E-state index contributed by atoms with van der Waals surface area (Å²) < 4.78 is 5.29. The van der Waals surface area contributed by atoms with E-state index >= 15 is 0 Å². The van der Waals surface area contributed by atoms with E-state index in [2.05, 4.69) is 16.5 Å². The van der Waals surface area contributed by atoms with Gasteiger partial charge in [-0.1, -0.05) is 6.08 Å². The number of aromatic nitrogens is 1.